The molecule has 1 unspecified atom stereocenters. The summed E-state index contributed by atoms with van der Waals surface area (Å²) in [6.07, 6.45) is 2.69. The molecule has 1 aliphatic heterocycles. The van der Waals surface area contributed by atoms with Crippen molar-refractivity contribution in [2.45, 2.75) is 51.7 Å². The average Bonchev–Trinajstić information content (AvgIpc) is 2.86. The van der Waals surface area contributed by atoms with E-state index in [9.17, 15) is 0 Å². The third-order valence-electron chi connectivity index (χ3n) is 3.33. The van der Waals surface area contributed by atoms with E-state index < -0.39 is 0 Å². The molecule has 1 N–H and O–H groups in total. The van der Waals surface area contributed by atoms with E-state index in [2.05, 4.69) is 47.8 Å². The number of nitrogens with one attached hydrogen (secondary N) is 1. The van der Waals surface area contributed by atoms with Crippen LogP contribution in [-0.4, -0.2) is 29.6 Å². The molecule has 96 valence electrons. The van der Waals surface area contributed by atoms with Crippen LogP contribution in [0.5, 0.6) is 0 Å². The van der Waals surface area contributed by atoms with Crippen LogP contribution in [0.15, 0.2) is 16.8 Å². The van der Waals surface area contributed by atoms with E-state index in [-0.39, 0.29) is 5.54 Å². The Hall–Kier alpha value is -0.380. The van der Waals surface area contributed by atoms with Gasteiger partial charge in [-0.05, 0) is 62.5 Å². The molecule has 2 nitrogen and oxygen atoms in total. The first-order chi connectivity index (χ1) is 8.04. The Balaban J connectivity index is 1.85. The van der Waals surface area contributed by atoms with Gasteiger partial charge in [-0.3, -0.25) is 4.90 Å². The van der Waals surface area contributed by atoms with E-state index in [4.69, 9.17) is 0 Å². The lowest BCUT2D eigenvalue weighted by Gasteiger charge is -2.28. The molecule has 0 bridgehead atoms. The fourth-order valence-electron chi connectivity index (χ4n) is 2.38. The lowest BCUT2D eigenvalue weighted by molar-refractivity contribution is 0.226. The Bertz CT molecular complexity index is 326. The van der Waals surface area contributed by atoms with E-state index in [1.54, 1.807) is 11.3 Å². The molecule has 17 heavy (non-hydrogen) atoms. The molecule has 1 saturated heterocycles. The summed E-state index contributed by atoms with van der Waals surface area (Å²) >= 11 is 1.80. The van der Waals surface area contributed by atoms with Gasteiger partial charge >= 0.3 is 0 Å². The fraction of sp³-hybridized carbons (Fsp3) is 0.714. The largest absolute Gasteiger partial charge is 0.311 e. The van der Waals surface area contributed by atoms with Crippen LogP contribution in [0.1, 0.15) is 39.2 Å². The molecule has 1 atom stereocenters. The summed E-state index contributed by atoms with van der Waals surface area (Å²) < 4.78 is 0. The minimum Gasteiger partial charge on any atom is -0.311 e. The maximum atomic E-state index is 3.63. The second kappa shape index (κ2) is 5.51. The zero-order chi connectivity index (χ0) is 12.3. The molecule has 0 amide bonds. The van der Waals surface area contributed by atoms with Crippen LogP contribution in [0.4, 0.5) is 0 Å². The van der Waals surface area contributed by atoms with Crippen molar-refractivity contribution in [3.05, 3.63) is 22.4 Å². The van der Waals surface area contributed by atoms with Gasteiger partial charge in [-0.25, -0.2) is 0 Å². The molecule has 1 aromatic rings. The summed E-state index contributed by atoms with van der Waals surface area (Å²) in [6, 6.07) is 2.96. The first-order valence-corrected chi connectivity index (χ1v) is 7.49. The molecule has 1 aliphatic rings. The topological polar surface area (TPSA) is 15.3 Å². The molecule has 1 fully saturated rings. The van der Waals surface area contributed by atoms with Gasteiger partial charge in [0.2, 0.25) is 0 Å². The van der Waals surface area contributed by atoms with E-state index in [1.807, 2.05) is 0 Å². The molecular formula is C14H24N2S. The maximum Gasteiger partial charge on any atom is 0.0245 e. The smallest absolute Gasteiger partial charge is 0.0245 e. The molecule has 0 radical (unpaired) electrons. The van der Waals surface area contributed by atoms with Crippen LogP contribution < -0.4 is 5.32 Å². The molecular weight excluding hydrogens is 228 g/mol. The standard InChI is InChI=1S/C14H24N2S/c1-14(2,3)15-9-13-5-4-7-16(13)10-12-6-8-17-11-12/h6,8,11,13,15H,4-5,7,9-10H2,1-3H3. The Labute approximate surface area is 109 Å². The predicted molar refractivity (Wildman–Crippen MR) is 75.5 cm³/mol. The molecule has 1 aromatic heterocycles. The Morgan fingerprint density at radius 2 is 2.29 bits per heavy atom. The Kier molecular flexibility index (Phi) is 4.23. The maximum absolute atomic E-state index is 3.63. The summed E-state index contributed by atoms with van der Waals surface area (Å²) in [5, 5.41) is 8.08. The van der Waals surface area contributed by atoms with Crippen molar-refractivity contribution in [1.82, 2.24) is 10.2 Å². The molecule has 0 saturated carbocycles. The van der Waals surface area contributed by atoms with Crippen LogP contribution in [0.25, 0.3) is 0 Å². The minimum atomic E-state index is 0.233. The number of hydrogen-bond donors (Lipinski definition) is 1. The van der Waals surface area contributed by atoms with Gasteiger partial charge in [-0.15, -0.1) is 0 Å². The van der Waals surface area contributed by atoms with Gasteiger partial charge in [-0.2, -0.15) is 11.3 Å². The van der Waals surface area contributed by atoms with Crippen molar-refractivity contribution in [2.75, 3.05) is 13.1 Å². The van der Waals surface area contributed by atoms with Crippen molar-refractivity contribution in [2.24, 2.45) is 0 Å². The number of likely N-dealkylation sites (tertiary alicyclic amines) is 1. The Morgan fingerprint density at radius 1 is 1.47 bits per heavy atom. The zero-order valence-corrected chi connectivity index (χ0v) is 12.0. The van der Waals surface area contributed by atoms with Crippen molar-refractivity contribution in [3.8, 4) is 0 Å². The number of hydrogen-bond acceptors (Lipinski definition) is 3. The monoisotopic (exact) mass is 252 g/mol. The second-order valence-corrected chi connectivity index (χ2v) is 6.81. The zero-order valence-electron chi connectivity index (χ0n) is 11.2. The molecule has 0 aromatic carbocycles. The van der Waals surface area contributed by atoms with Gasteiger partial charge in [0.05, 0.1) is 0 Å². The Morgan fingerprint density at radius 3 is 2.94 bits per heavy atom. The highest BCUT2D eigenvalue weighted by molar-refractivity contribution is 7.07. The number of rotatable bonds is 4. The van der Waals surface area contributed by atoms with Gasteiger partial charge in [0, 0.05) is 24.7 Å². The van der Waals surface area contributed by atoms with E-state index in [0.717, 1.165) is 13.1 Å². The third kappa shape index (κ3) is 4.09. The van der Waals surface area contributed by atoms with Crippen LogP contribution in [0.3, 0.4) is 0 Å². The minimum absolute atomic E-state index is 0.233. The predicted octanol–water partition coefficient (Wildman–Crippen LogP) is 3.10. The van der Waals surface area contributed by atoms with Crippen molar-refractivity contribution in [3.63, 3.8) is 0 Å². The van der Waals surface area contributed by atoms with Gasteiger partial charge in [0.25, 0.3) is 0 Å². The fourth-order valence-corrected chi connectivity index (χ4v) is 3.04. The SMILES string of the molecule is CC(C)(C)NCC1CCCN1Cc1ccsc1. The first kappa shape index (κ1) is 13.1. The first-order valence-electron chi connectivity index (χ1n) is 6.55. The highest BCUT2D eigenvalue weighted by Gasteiger charge is 2.25. The highest BCUT2D eigenvalue weighted by atomic mass is 32.1. The number of thiophene rings is 1. The third-order valence-corrected chi connectivity index (χ3v) is 4.06. The lowest BCUT2D eigenvalue weighted by atomic mass is 10.1. The van der Waals surface area contributed by atoms with E-state index in [1.165, 1.54) is 24.9 Å². The number of nitrogens with zero attached hydrogens (tertiary/aromatic N) is 1. The van der Waals surface area contributed by atoms with Crippen LogP contribution in [0.2, 0.25) is 0 Å². The van der Waals surface area contributed by atoms with E-state index in [0.29, 0.717) is 6.04 Å². The van der Waals surface area contributed by atoms with Gasteiger partial charge in [-0.1, -0.05) is 0 Å². The molecule has 0 aliphatic carbocycles. The average molecular weight is 252 g/mol. The normalized spacial score (nSPS) is 22.2. The van der Waals surface area contributed by atoms with Gasteiger partial charge in [0.1, 0.15) is 0 Å². The lowest BCUT2D eigenvalue weighted by Crippen LogP contribution is -2.44. The highest BCUT2D eigenvalue weighted by Crippen LogP contribution is 2.21. The molecule has 3 heteroatoms. The second-order valence-electron chi connectivity index (χ2n) is 6.03. The van der Waals surface area contributed by atoms with Crippen molar-refractivity contribution in [1.29, 1.82) is 0 Å². The van der Waals surface area contributed by atoms with E-state index >= 15 is 0 Å². The van der Waals surface area contributed by atoms with Crippen molar-refractivity contribution < 1.29 is 0 Å². The van der Waals surface area contributed by atoms with Crippen LogP contribution in [-0.2, 0) is 6.54 Å². The summed E-state index contributed by atoms with van der Waals surface area (Å²) in [4.78, 5) is 2.63. The van der Waals surface area contributed by atoms with Crippen LogP contribution in [0, 0.1) is 0 Å². The van der Waals surface area contributed by atoms with Crippen LogP contribution >= 0.6 is 11.3 Å². The van der Waals surface area contributed by atoms with Crippen molar-refractivity contribution >= 4 is 11.3 Å². The van der Waals surface area contributed by atoms with Gasteiger partial charge in [0.15, 0.2) is 0 Å². The summed E-state index contributed by atoms with van der Waals surface area (Å²) in [5.74, 6) is 0. The van der Waals surface area contributed by atoms with Gasteiger partial charge < -0.3 is 5.32 Å². The molecule has 0 spiro atoms. The summed E-state index contributed by atoms with van der Waals surface area (Å²) in [5.41, 5.74) is 1.70. The molecule has 2 rings (SSSR count). The summed E-state index contributed by atoms with van der Waals surface area (Å²) in [7, 11) is 0. The molecule has 2 heterocycles. The summed E-state index contributed by atoms with van der Waals surface area (Å²) in [6.45, 7) is 10.2. The quantitative estimate of drug-likeness (QED) is 0.886.